The summed E-state index contributed by atoms with van der Waals surface area (Å²) in [6, 6.07) is 13.0. The minimum atomic E-state index is -0.102. The Kier molecular flexibility index (Phi) is 5.97. The first kappa shape index (κ1) is 15.3. The molecule has 1 aromatic carbocycles. The minimum Gasteiger partial charge on any atom is -0.352 e. The predicted molar refractivity (Wildman–Crippen MR) is 84.2 cm³/mol. The molecule has 0 aliphatic heterocycles. The Morgan fingerprint density at radius 3 is 2.52 bits per heavy atom. The molecule has 110 valence electrons. The molecule has 2 aromatic rings. The number of thiophene rings is 1. The molecule has 21 heavy (non-hydrogen) atoms. The van der Waals surface area contributed by atoms with E-state index in [-0.39, 0.29) is 11.8 Å². The van der Waals surface area contributed by atoms with Crippen molar-refractivity contribution >= 4 is 23.2 Å². The maximum atomic E-state index is 11.8. The van der Waals surface area contributed by atoms with Gasteiger partial charge in [-0.25, -0.2) is 0 Å². The second-order valence-corrected chi connectivity index (χ2v) is 5.61. The first-order valence-corrected chi connectivity index (χ1v) is 7.76. The normalized spacial score (nSPS) is 10.1. The topological polar surface area (TPSA) is 58.2 Å². The molecule has 0 bridgehead atoms. The minimum absolute atomic E-state index is 0.0114. The van der Waals surface area contributed by atoms with Gasteiger partial charge in [0.15, 0.2) is 0 Å². The van der Waals surface area contributed by atoms with Gasteiger partial charge in [-0.1, -0.05) is 24.3 Å². The molecule has 0 aliphatic rings. The number of benzene rings is 1. The highest BCUT2D eigenvalue weighted by atomic mass is 32.1. The molecular weight excluding hydrogens is 284 g/mol. The van der Waals surface area contributed by atoms with Crippen molar-refractivity contribution in [2.45, 2.75) is 19.4 Å². The van der Waals surface area contributed by atoms with Gasteiger partial charge in [-0.2, -0.15) is 0 Å². The van der Waals surface area contributed by atoms with E-state index >= 15 is 0 Å². The zero-order valence-corrected chi connectivity index (χ0v) is 12.5. The lowest BCUT2D eigenvalue weighted by molar-refractivity contribution is -0.121. The van der Waals surface area contributed by atoms with E-state index in [0.717, 1.165) is 4.88 Å². The van der Waals surface area contributed by atoms with Gasteiger partial charge in [0.2, 0.25) is 5.91 Å². The number of carbonyl (C=O) groups is 2. The van der Waals surface area contributed by atoms with Gasteiger partial charge in [0.25, 0.3) is 5.91 Å². The summed E-state index contributed by atoms with van der Waals surface area (Å²) in [4.78, 5) is 24.5. The smallest absolute Gasteiger partial charge is 0.251 e. The van der Waals surface area contributed by atoms with E-state index in [9.17, 15) is 9.59 Å². The molecule has 4 nitrogen and oxygen atoms in total. The van der Waals surface area contributed by atoms with Crippen LogP contribution < -0.4 is 10.6 Å². The first-order valence-electron chi connectivity index (χ1n) is 6.88. The summed E-state index contributed by atoms with van der Waals surface area (Å²) in [6.45, 7) is 1.08. The lowest BCUT2D eigenvalue weighted by atomic mass is 10.2. The lowest BCUT2D eigenvalue weighted by Gasteiger charge is -2.06. The molecule has 0 atom stereocenters. The van der Waals surface area contributed by atoms with Crippen LogP contribution in [-0.4, -0.2) is 18.4 Å². The molecule has 0 radical (unpaired) electrons. The summed E-state index contributed by atoms with van der Waals surface area (Å²) in [5.74, 6) is -0.0908. The van der Waals surface area contributed by atoms with Gasteiger partial charge in [0.1, 0.15) is 0 Å². The highest BCUT2D eigenvalue weighted by Crippen LogP contribution is 2.07. The summed E-state index contributed by atoms with van der Waals surface area (Å²) in [5.41, 5.74) is 0.639. The molecule has 0 unspecified atom stereocenters. The number of nitrogens with one attached hydrogen (secondary N) is 2. The maximum Gasteiger partial charge on any atom is 0.251 e. The summed E-state index contributed by atoms with van der Waals surface area (Å²) in [5, 5.41) is 7.66. The van der Waals surface area contributed by atoms with E-state index in [1.165, 1.54) is 0 Å². The van der Waals surface area contributed by atoms with E-state index in [2.05, 4.69) is 10.6 Å². The van der Waals surface area contributed by atoms with E-state index < -0.39 is 0 Å². The molecule has 0 saturated heterocycles. The third-order valence-corrected chi connectivity index (χ3v) is 3.82. The monoisotopic (exact) mass is 302 g/mol. The Bertz CT molecular complexity index is 567. The standard InChI is InChI=1S/C16H18N2O2S/c19-15(18-12-14-8-5-11-21-14)9-4-10-17-16(20)13-6-2-1-3-7-13/h1-3,5-8,11H,4,9-10,12H2,(H,17,20)(H,18,19). The second kappa shape index (κ2) is 8.21. The van der Waals surface area contributed by atoms with Crippen LogP contribution in [-0.2, 0) is 11.3 Å². The molecule has 2 N–H and O–H groups in total. The summed E-state index contributed by atoms with van der Waals surface area (Å²) < 4.78 is 0. The number of amides is 2. The number of carbonyl (C=O) groups excluding carboxylic acids is 2. The molecule has 5 heteroatoms. The van der Waals surface area contributed by atoms with Gasteiger partial charge in [-0.3, -0.25) is 9.59 Å². The van der Waals surface area contributed by atoms with Gasteiger partial charge in [-0.05, 0) is 30.0 Å². The third-order valence-electron chi connectivity index (χ3n) is 2.94. The maximum absolute atomic E-state index is 11.8. The van der Waals surface area contributed by atoms with Crippen LogP contribution in [0.4, 0.5) is 0 Å². The van der Waals surface area contributed by atoms with Crippen molar-refractivity contribution in [2.75, 3.05) is 6.54 Å². The third kappa shape index (κ3) is 5.39. The Balaban J connectivity index is 1.59. The van der Waals surface area contributed by atoms with Crippen molar-refractivity contribution in [1.29, 1.82) is 0 Å². The fraction of sp³-hybridized carbons (Fsp3) is 0.250. The zero-order valence-electron chi connectivity index (χ0n) is 11.7. The van der Waals surface area contributed by atoms with Gasteiger partial charge in [-0.15, -0.1) is 11.3 Å². The van der Waals surface area contributed by atoms with Crippen LogP contribution in [0.25, 0.3) is 0 Å². The summed E-state index contributed by atoms with van der Waals surface area (Å²) >= 11 is 1.62. The number of hydrogen-bond acceptors (Lipinski definition) is 3. The van der Waals surface area contributed by atoms with Crippen LogP contribution in [0.2, 0.25) is 0 Å². The van der Waals surface area contributed by atoms with Gasteiger partial charge in [0.05, 0.1) is 6.54 Å². The zero-order chi connectivity index (χ0) is 14.9. The highest BCUT2D eigenvalue weighted by molar-refractivity contribution is 7.09. The van der Waals surface area contributed by atoms with Crippen molar-refractivity contribution in [3.63, 3.8) is 0 Å². The molecule has 2 rings (SSSR count). The van der Waals surface area contributed by atoms with Crippen LogP contribution in [0.5, 0.6) is 0 Å². The molecule has 1 aromatic heterocycles. The van der Waals surface area contributed by atoms with Crippen molar-refractivity contribution in [3.8, 4) is 0 Å². The lowest BCUT2D eigenvalue weighted by Crippen LogP contribution is -2.27. The molecule has 0 fully saturated rings. The van der Waals surface area contributed by atoms with Crippen LogP contribution in [0.1, 0.15) is 28.1 Å². The average molecular weight is 302 g/mol. The van der Waals surface area contributed by atoms with Crippen molar-refractivity contribution < 1.29 is 9.59 Å². The quantitative estimate of drug-likeness (QED) is 0.772. The van der Waals surface area contributed by atoms with Crippen LogP contribution in [0.15, 0.2) is 47.8 Å². The molecular formula is C16H18N2O2S. The van der Waals surface area contributed by atoms with E-state index in [4.69, 9.17) is 0 Å². The van der Waals surface area contributed by atoms with E-state index in [1.807, 2.05) is 35.7 Å². The van der Waals surface area contributed by atoms with Crippen LogP contribution in [0, 0.1) is 0 Å². The number of hydrogen-bond donors (Lipinski definition) is 2. The summed E-state index contributed by atoms with van der Waals surface area (Å²) in [6.07, 6.45) is 1.05. The van der Waals surface area contributed by atoms with Crippen molar-refractivity contribution in [3.05, 3.63) is 58.3 Å². The predicted octanol–water partition coefficient (Wildman–Crippen LogP) is 2.57. The molecule has 0 aliphatic carbocycles. The average Bonchev–Trinajstić information content (AvgIpc) is 3.03. The van der Waals surface area contributed by atoms with Gasteiger partial charge >= 0.3 is 0 Å². The number of rotatable bonds is 7. The van der Waals surface area contributed by atoms with Crippen LogP contribution in [0.3, 0.4) is 0 Å². The van der Waals surface area contributed by atoms with Crippen molar-refractivity contribution in [2.24, 2.45) is 0 Å². The Labute approximate surface area is 128 Å². The van der Waals surface area contributed by atoms with Crippen molar-refractivity contribution in [1.82, 2.24) is 10.6 Å². The van der Waals surface area contributed by atoms with Gasteiger partial charge in [0, 0.05) is 23.4 Å². The fourth-order valence-corrected chi connectivity index (χ4v) is 2.47. The second-order valence-electron chi connectivity index (χ2n) is 4.58. The molecule has 2 amide bonds. The van der Waals surface area contributed by atoms with Crippen LogP contribution >= 0.6 is 11.3 Å². The van der Waals surface area contributed by atoms with E-state index in [1.54, 1.807) is 23.5 Å². The van der Waals surface area contributed by atoms with Gasteiger partial charge < -0.3 is 10.6 Å². The largest absolute Gasteiger partial charge is 0.352 e. The summed E-state index contributed by atoms with van der Waals surface area (Å²) in [7, 11) is 0. The molecule has 1 heterocycles. The van der Waals surface area contributed by atoms with E-state index in [0.29, 0.717) is 31.5 Å². The highest BCUT2D eigenvalue weighted by Gasteiger charge is 2.05. The molecule has 0 spiro atoms. The Morgan fingerprint density at radius 1 is 1.00 bits per heavy atom. The molecule has 0 saturated carbocycles. The Hall–Kier alpha value is -2.14. The fourth-order valence-electron chi connectivity index (χ4n) is 1.83. The SMILES string of the molecule is O=C(CCCNC(=O)c1ccccc1)NCc1cccs1. The first-order chi connectivity index (χ1) is 10.3. The Morgan fingerprint density at radius 2 is 1.81 bits per heavy atom.